The van der Waals surface area contributed by atoms with Gasteiger partial charge in [-0.3, -0.25) is 10.1 Å². The minimum atomic E-state index is -0.762. The van der Waals surface area contributed by atoms with Crippen molar-refractivity contribution in [2.75, 3.05) is 5.32 Å². The van der Waals surface area contributed by atoms with Crippen molar-refractivity contribution in [3.8, 4) is 0 Å². The molecule has 0 spiro atoms. The van der Waals surface area contributed by atoms with Gasteiger partial charge >= 0.3 is 0 Å². The highest BCUT2D eigenvalue weighted by atomic mass is 79.9. The lowest BCUT2D eigenvalue weighted by Crippen LogP contribution is -2.28. The first-order valence-electron chi connectivity index (χ1n) is 8.61. The Hall–Kier alpha value is -2.78. The van der Waals surface area contributed by atoms with Gasteiger partial charge in [-0.25, -0.2) is 14.1 Å². The Morgan fingerprint density at radius 1 is 1.34 bits per heavy atom. The molecule has 0 radical (unpaired) electrons. The predicted molar refractivity (Wildman–Crippen MR) is 109 cm³/mol. The van der Waals surface area contributed by atoms with Crippen molar-refractivity contribution in [1.29, 1.82) is 0 Å². The first-order chi connectivity index (χ1) is 14.0. The SMILES string of the molecule is O=C(Nc1ncn(Cc2ccc(F)cc2Cl)n1)C1CC(c2cccc(Br)c2)=NO1. The van der Waals surface area contributed by atoms with Crippen LogP contribution in [0.1, 0.15) is 17.5 Å². The lowest BCUT2D eigenvalue weighted by atomic mass is 10.0. The summed E-state index contributed by atoms with van der Waals surface area (Å²) in [6.45, 7) is 0.290. The minimum Gasteiger partial charge on any atom is -0.382 e. The number of hydrogen-bond acceptors (Lipinski definition) is 5. The molecule has 0 aliphatic carbocycles. The third-order valence-corrected chi connectivity index (χ3v) is 5.08. The third-order valence-electron chi connectivity index (χ3n) is 4.24. The number of amides is 1. The molecule has 1 aromatic heterocycles. The van der Waals surface area contributed by atoms with Crippen molar-refractivity contribution >= 4 is 45.1 Å². The zero-order valence-electron chi connectivity index (χ0n) is 14.8. The molecular formula is C19H14BrClFN5O2. The molecule has 148 valence electrons. The molecule has 10 heteroatoms. The predicted octanol–water partition coefficient (Wildman–Crippen LogP) is 4.01. The highest BCUT2D eigenvalue weighted by Crippen LogP contribution is 2.21. The Morgan fingerprint density at radius 3 is 3.00 bits per heavy atom. The topological polar surface area (TPSA) is 81.4 Å². The molecule has 0 saturated carbocycles. The zero-order chi connectivity index (χ0) is 20.4. The van der Waals surface area contributed by atoms with Crippen molar-refractivity contribution < 1.29 is 14.0 Å². The Bertz CT molecular complexity index is 1100. The highest BCUT2D eigenvalue weighted by Gasteiger charge is 2.29. The number of carbonyl (C=O) groups is 1. The summed E-state index contributed by atoms with van der Waals surface area (Å²) >= 11 is 9.44. The molecule has 1 aliphatic heterocycles. The average molecular weight is 479 g/mol. The van der Waals surface area contributed by atoms with Gasteiger partial charge in [0, 0.05) is 21.5 Å². The molecule has 1 aliphatic rings. The summed E-state index contributed by atoms with van der Waals surface area (Å²) in [7, 11) is 0. The largest absolute Gasteiger partial charge is 0.382 e. The average Bonchev–Trinajstić information content (AvgIpc) is 3.34. The number of nitrogens with one attached hydrogen (secondary N) is 1. The number of nitrogens with zero attached hydrogens (tertiary/aromatic N) is 4. The molecule has 0 bridgehead atoms. The van der Waals surface area contributed by atoms with Crippen molar-refractivity contribution in [3.63, 3.8) is 0 Å². The van der Waals surface area contributed by atoms with E-state index in [0.717, 1.165) is 10.0 Å². The van der Waals surface area contributed by atoms with E-state index in [9.17, 15) is 9.18 Å². The lowest BCUT2D eigenvalue weighted by Gasteiger charge is -2.07. The van der Waals surface area contributed by atoms with Crippen LogP contribution in [0.4, 0.5) is 10.3 Å². The van der Waals surface area contributed by atoms with Crippen LogP contribution in [0.3, 0.4) is 0 Å². The second kappa shape index (κ2) is 8.30. The lowest BCUT2D eigenvalue weighted by molar-refractivity contribution is -0.125. The van der Waals surface area contributed by atoms with Crippen LogP contribution in [0.5, 0.6) is 0 Å². The van der Waals surface area contributed by atoms with Gasteiger partial charge < -0.3 is 4.84 Å². The first-order valence-corrected chi connectivity index (χ1v) is 9.78. The summed E-state index contributed by atoms with van der Waals surface area (Å²) in [6.07, 6.45) is 1.03. The van der Waals surface area contributed by atoms with Crippen LogP contribution in [0, 0.1) is 5.82 Å². The van der Waals surface area contributed by atoms with Crippen molar-refractivity contribution in [2.24, 2.45) is 5.16 Å². The minimum absolute atomic E-state index is 0.132. The van der Waals surface area contributed by atoms with Crippen molar-refractivity contribution in [2.45, 2.75) is 19.1 Å². The second-order valence-electron chi connectivity index (χ2n) is 6.34. The van der Waals surface area contributed by atoms with Gasteiger partial charge in [-0.2, -0.15) is 0 Å². The van der Waals surface area contributed by atoms with Gasteiger partial charge in [0.05, 0.1) is 12.3 Å². The van der Waals surface area contributed by atoms with Crippen LogP contribution in [0.2, 0.25) is 5.02 Å². The van der Waals surface area contributed by atoms with Crippen molar-refractivity contribution in [1.82, 2.24) is 14.8 Å². The van der Waals surface area contributed by atoms with Crippen LogP contribution >= 0.6 is 27.5 Å². The highest BCUT2D eigenvalue weighted by molar-refractivity contribution is 9.10. The summed E-state index contributed by atoms with van der Waals surface area (Å²) in [5.74, 6) is -0.671. The van der Waals surface area contributed by atoms with E-state index < -0.39 is 17.8 Å². The van der Waals surface area contributed by atoms with Gasteiger partial charge in [-0.1, -0.05) is 50.9 Å². The van der Waals surface area contributed by atoms with E-state index in [4.69, 9.17) is 16.4 Å². The maximum absolute atomic E-state index is 13.1. The number of halogens is 3. The normalized spacial score (nSPS) is 15.7. The number of rotatable bonds is 5. The zero-order valence-corrected chi connectivity index (χ0v) is 17.2. The maximum Gasteiger partial charge on any atom is 0.271 e. The van der Waals surface area contributed by atoms with Gasteiger partial charge in [-0.15, -0.1) is 5.10 Å². The summed E-state index contributed by atoms with van der Waals surface area (Å²) in [6, 6.07) is 11.7. The van der Waals surface area contributed by atoms with Gasteiger partial charge in [0.1, 0.15) is 12.1 Å². The van der Waals surface area contributed by atoms with Crippen LogP contribution < -0.4 is 5.32 Å². The van der Waals surface area contributed by atoms with Crippen LogP contribution in [-0.2, 0) is 16.2 Å². The number of oxime groups is 1. The van der Waals surface area contributed by atoms with E-state index in [1.54, 1.807) is 6.07 Å². The number of carbonyl (C=O) groups excluding carboxylic acids is 1. The molecule has 0 fully saturated rings. The molecule has 1 unspecified atom stereocenters. The van der Waals surface area contributed by atoms with E-state index in [2.05, 4.69) is 36.5 Å². The standard InChI is InChI=1S/C19H14BrClFN5O2/c20-13-3-1-2-11(6-13)16-8-17(29-26-16)18(28)24-19-23-10-27(25-19)9-12-4-5-14(22)7-15(12)21/h1-7,10,17H,8-9H2,(H,24,25,28). The van der Waals surface area contributed by atoms with Crippen LogP contribution in [0.25, 0.3) is 0 Å². The smallest absolute Gasteiger partial charge is 0.271 e. The number of anilines is 1. The fraction of sp³-hybridized carbons (Fsp3) is 0.158. The van der Waals surface area contributed by atoms with Gasteiger partial charge in [-0.05, 0) is 29.8 Å². The molecule has 7 nitrogen and oxygen atoms in total. The summed E-state index contributed by atoms with van der Waals surface area (Å²) in [5.41, 5.74) is 2.26. The number of benzene rings is 2. The molecule has 1 N–H and O–H groups in total. The summed E-state index contributed by atoms with van der Waals surface area (Å²) in [5, 5.41) is 11.1. The van der Waals surface area contributed by atoms with Crippen molar-refractivity contribution in [3.05, 3.63) is 75.2 Å². The molecule has 1 atom stereocenters. The molecule has 4 rings (SSSR count). The number of hydrogen-bond donors (Lipinski definition) is 1. The molecule has 3 aromatic rings. The summed E-state index contributed by atoms with van der Waals surface area (Å²) < 4.78 is 15.6. The quantitative estimate of drug-likeness (QED) is 0.601. The monoisotopic (exact) mass is 477 g/mol. The Morgan fingerprint density at radius 2 is 2.21 bits per heavy atom. The molecule has 29 heavy (non-hydrogen) atoms. The molecule has 2 aromatic carbocycles. The molecule has 1 amide bonds. The Kier molecular flexibility index (Phi) is 5.59. The van der Waals surface area contributed by atoms with E-state index in [1.807, 2.05) is 24.3 Å². The second-order valence-corrected chi connectivity index (χ2v) is 7.66. The van der Waals surface area contributed by atoms with E-state index in [-0.39, 0.29) is 12.5 Å². The Labute approximate surface area is 178 Å². The van der Waals surface area contributed by atoms with E-state index >= 15 is 0 Å². The van der Waals surface area contributed by atoms with E-state index in [0.29, 0.717) is 22.7 Å². The van der Waals surface area contributed by atoms with Gasteiger partial charge in [0.25, 0.3) is 5.91 Å². The fourth-order valence-corrected chi connectivity index (χ4v) is 3.43. The molecular weight excluding hydrogens is 465 g/mol. The fourth-order valence-electron chi connectivity index (χ4n) is 2.80. The first kappa shape index (κ1) is 19.5. The molecule has 0 saturated heterocycles. The number of aromatic nitrogens is 3. The molecule has 2 heterocycles. The van der Waals surface area contributed by atoms with Crippen LogP contribution in [-0.4, -0.2) is 32.5 Å². The Balaban J connectivity index is 1.36. The third kappa shape index (κ3) is 4.63. The van der Waals surface area contributed by atoms with Gasteiger partial charge in [0.15, 0.2) is 0 Å². The maximum atomic E-state index is 13.1. The van der Waals surface area contributed by atoms with Crippen LogP contribution in [0.15, 0.2) is 58.4 Å². The van der Waals surface area contributed by atoms with Gasteiger partial charge in [0.2, 0.25) is 12.1 Å². The summed E-state index contributed by atoms with van der Waals surface area (Å²) in [4.78, 5) is 21.8. The van der Waals surface area contributed by atoms with E-state index in [1.165, 1.54) is 23.1 Å².